The zero-order chi connectivity index (χ0) is 15.9. The lowest BCUT2D eigenvalue weighted by Gasteiger charge is -2.19. The maximum atomic E-state index is 12.8. The molecule has 1 aromatic heterocycles. The summed E-state index contributed by atoms with van der Waals surface area (Å²) in [5, 5.41) is 4.56. The molecule has 1 aliphatic rings. The molecule has 1 heterocycles. The molecule has 0 bridgehead atoms. The predicted molar refractivity (Wildman–Crippen MR) is 92.9 cm³/mol. The molecule has 0 fully saturated rings. The fourth-order valence-electron chi connectivity index (χ4n) is 2.92. The van der Waals surface area contributed by atoms with Gasteiger partial charge in [0.1, 0.15) is 12.2 Å². The van der Waals surface area contributed by atoms with Crippen LogP contribution in [-0.4, -0.2) is 23.3 Å². The van der Waals surface area contributed by atoms with E-state index in [4.69, 9.17) is 23.2 Å². The van der Waals surface area contributed by atoms with Crippen LogP contribution >= 0.6 is 30.3 Å². The Morgan fingerprint density at radius 1 is 1.23 bits per heavy atom. The normalized spacial score (nSPS) is 14.0. The standard InChI is InChI=1S/C15H16Cl2N3OP/c1-22(2,21)13-10-5-3-4-9(10)6-7-12(13)19-14-11(16)8-18-15(17)20-14/h6-8H,3-5H2,1-2H3,(H,18,19,20). The number of nitrogens with one attached hydrogen (secondary N) is 1. The van der Waals surface area contributed by atoms with Crippen molar-refractivity contribution in [3.05, 3.63) is 39.8 Å². The Kier molecular flexibility index (Phi) is 4.19. The predicted octanol–water partition coefficient (Wildman–Crippen LogP) is 4.26. The van der Waals surface area contributed by atoms with Gasteiger partial charge < -0.3 is 9.88 Å². The first-order chi connectivity index (χ1) is 10.4. The molecule has 22 heavy (non-hydrogen) atoms. The summed E-state index contributed by atoms with van der Waals surface area (Å²) in [4.78, 5) is 7.94. The van der Waals surface area contributed by atoms with E-state index in [1.54, 1.807) is 13.3 Å². The average Bonchev–Trinajstić information content (AvgIpc) is 2.89. The molecule has 1 aromatic carbocycles. The second kappa shape index (κ2) is 5.84. The van der Waals surface area contributed by atoms with E-state index >= 15 is 0 Å². The summed E-state index contributed by atoms with van der Waals surface area (Å²) in [6.07, 6.45) is 4.56. The fourth-order valence-corrected chi connectivity index (χ4v) is 4.81. The molecule has 4 nitrogen and oxygen atoms in total. The van der Waals surface area contributed by atoms with Gasteiger partial charge in [-0.05, 0) is 61.4 Å². The minimum Gasteiger partial charge on any atom is -0.338 e. The van der Waals surface area contributed by atoms with Crippen molar-refractivity contribution in [2.75, 3.05) is 18.6 Å². The minimum atomic E-state index is -2.44. The molecule has 0 radical (unpaired) electrons. The van der Waals surface area contributed by atoms with E-state index in [1.165, 1.54) is 17.3 Å². The highest BCUT2D eigenvalue weighted by Gasteiger charge is 2.26. The monoisotopic (exact) mass is 355 g/mol. The van der Waals surface area contributed by atoms with Crippen LogP contribution in [0.3, 0.4) is 0 Å². The van der Waals surface area contributed by atoms with Gasteiger partial charge in [0.25, 0.3) is 0 Å². The van der Waals surface area contributed by atoms with Crippen molar-refractivity contribution in [3.8, 4) is 0 Å². The Morgan fingerprint density at radius 3 is 2.73 bits per heavy atom. The van der Waals surface area contributed by atoms with Crippen molar-refractivity contribution in [2.24, 2.45) is 0 Å². The van der Waals surface area contributed by atoms with Crippen LogP contribution in [0.25, 0.3) is 0 Å². The van der Waals surface area contributed by atoms with Crippen molar-refractivity contribution in [3.63, 3.8) is 0 Å². The van der Waals surface area contributed by atoms with Crippen molar-refractivity contribution >= 4 is 47.2 Å². The van der Waals surface area contributed by atoms with E-state index in [9.17, 15) is 4.57 Å². The van der Waals surface area contributed by atoms with Gasteiger partial charge in [-0.25, -0.2) is 4.98 Å². The van der Waals surface area contributed by atoms with Crippen molar-refractivity contribution in [2.45, 2.75) is 19.3 Å². The van der Waals surface area contributed by atoms with E-state index in [-0.39, 0.29) is 5.28 Å². The summed E-state index contributed by atoms with van der Waals surface area (Å²) in [5.74, 6) is 0.425. The van der Waals surface area contributed by atoms with Crippen LogP contribution in [0.1, 0.15) is 17.5 Å². The number of benzene rings is 1. The van der Waals surface area contributed by atoms with Crippen molar-refractivity contribution < 1.29 is 4.57 Å². The Morgan fingerprint density at radius 2 is 2.00 bits per heavy atom. The Hall–Kier alpha value is -1.09. The average molecular weight is 356 g/mol. The van der Waals surface area contributed by atoms with Crippen LogP contribution < -0.4 is 10.6 Å². The first-order valence-electron chi connectivity index (χ1n) is 7.01. The molecule has 0 atom stereocenters. The van der Waals surface area contributed by atoms with Crippen LogP contribution in [0.4, 0.5) is 11.5 Å². The lowest BCUT2D eigenvalue weighted by atomic mass is 10.1. The lowest BCUT2D eigenvalue weighted by molar-refractivity contribution is 0.588. The highest BCUT2D eigenvalue weighted by molar-refractivity contribution is 7.70. The van der Waals surface area contributed by atoms with Gasteiger partial charge in [0.05, 0.1) is 11.9 Å². The number of rotatable bonds is 3. The van der Waals surface area contributed by atoms with Gasteiger partial charge in [-0.2, -0.15) is 4.98 Å². The molecule has 3 rings (SSSR count). The SMILES string of the molecule is CP(C)(=O)c1c(Nc2nc(Cl)ncc2Cl)ccc2c1CCC2. The quantitative estimate of drug-likeness (QED) is 0.659. The third-order valence-corrected chi connectivity index (χ3v) is 5.81. The van der Waals surface area contributed by atoms with Crippen LogP contribution in [0.15, 0.2) is 18.3 Å². The van der Waals surface area contributed by atoms with Crippen molar-refractivity contribution in [1.29, 1.82) is 0 Å². The van der Waals surface area contributed by atoms with Crippen LogP contribution in [-0.2, 0) is 17.4 Å². The Bertz CT molecular complexity index is 789. The molecular weight excluding hydrogens is 340 g/mol. The summed E-state index contributed by atoms with van der Waals surface area (Å²) in [6, 6.07) is 4.03. The largest absolute Gasteiger partial charge is 0.338 e. The molecule has 0 unspecified atom stereocenters. The van der Waals surface area contributed by atoms with Gasteiger partial charge in [-0.3, -0.25) is 0 Å². The topological polar surface area (TPSA) is 54.9 Å². The van der Waals surface area contributed by atoms with Gasteiger partial charge in [-0.1, -0.05) is 17.7 Å². The van der Waals surface area contributed by atoms with E-state index in [0.717, 1.165) is 30.3 Å². The number of halogens is 2. The minimum absolute atomic E-state index is 0.116. The Balaban J connectivity index is 2.12. The molecular formula is C15H16Cl2N3OP. The van der Waals surface area contributed by atoms with Crippen LogP contribution in [0.5, 0.6) is 0 Å². The molecule has 0 aliphatic heterocycles. The summed E-state index contributed by atoms with van der Waals surface area (Å²) in [7, 11) is -2.44. The fraction of sp³-hybridized carbons (Fsp3) is 0.333. The van der Waals surface area contributed by atoms with E-state index < -0.39 is 7.14 Å². The van der Waals surface area contributed by atoms with Gasteiger partial charge in [0.2, 0.25) is 5.28 Å². The first kappa shape index (κ1) is 15.8. The lowest BCUT2D eigenvalue weighted by Crippen LogP contribution is -2.16. The molecule has 0 amide bonds. The zero-order valence-electron chi connectivity index (χ0n) is 12.4. The summed E-state index contributed by atoms with van der Waals surface area (Å²) in [5.41, 5.74) is 3.27. The maximum Gasteiger partial charge on any atom is 0.224 e. The highest BCUT2D eigenvalue weighted by atomic mass is 35.5. The third kappa shape index (κ3) is 3.01. The van der Waals surface area contributed by atoms with Crippen LogP contribution in [0, 0.1) is 0 Å². The number of hydrogen-bond acceptors (Lipinski definition) is 4. The van der Waals surface area contributed by atoms with E-state index in [0.29, 0.717) is 10.8 Å². The van der Waals surface area contributed by atoms with Crippen molar-refractivity contribution in [1.82, 2.24) is 9.97 Å². The number of nitrogens with zero attached hydrogens (tertiary/aromatic N) is 2. The smallest absolute Gasteiger partial charge is 0.224 e. The zero-order valence-corrected chi connectivity index (χ0v) is 14.8. The number of anilines is 2. The highest BCUT2D eigenvalue weighted by Crippen LogP contribution is 2.43. The van der Waals surface area contributed by atoms with Gasteiger partial charge >= 0.3 is 0 Å². The molecule has 116 valence electrons. The second-order valence-corrected chi connectivity index (χ2v) is 9.66. The first-order valence-corrected chi connectivity index (χ1v) is 10.4. The van der Waals surface area contributed by atoms with E-state index in [1.807, 2.05) is 6.07 Å². The maximum absolute atomic E-state index is 12.8. The Labute approximate surface area is 139 Å². The second-order valence-electron chi connectivity index (χ2n) is 5.76. The third-order valence-electron chi connectivity index (χ3n) is 3.76. The molecule has 0 saturated heterocycles. The van der Waals surface area contributed by atoms with Crippen LogP contribution in [0.2, 0.25) is 10.3 Å². The summed E-state index contributed by atoms with van der Waals surface area (Å²) in [6.45, 7) is 3.58. The summed E-state index contributed by atoms with van der Waals surface area (Å²) < 4.78 is 12.8. The number of aromatic nitrogens is 2. The number of aryl methyl sites for hydroxylation is 1. The van der Waals surface area contributed by atoms with Gasteiger partial charge in [0.15, 0.2) is 5.82 Å². The van der Waals surface area contributed by atoms with E-state index in [2.05, 4.69) is 21.4 Å². The number of hydrogen-bond donors (Lipinski definition) is 1. The molecule has 7 heteroatoms. The summed E-state index contributed by atoms with van der Waals surface area (Å²) >= 11 is 11.9. The molecule has 1 N–H and O–H groups in total. The molecule has 0 spiro atoms. The molecule has 1 aliphatic carbocycles. The number of fused-ring (bicyclic) bond motifs is 1. The van der Waals surface area contributed by atoms with Gasteiger partial charge in [0, 0.05) is 5.30 Å². The molecule has 0 saturated carbocycles. The molecule has 2 aromatic rings. The van der Waals surface area contributed by atoms with Gasteiger partial charge in [-0.15, -0.1) is 0 Å².